The van der Waals surface area contributed by atoms with E-state index in [0.717, 1.165) is 44.2 Å². The van der Waals surface area contributed by atoms with Crippen molar-refractivity contribution in [2.24, 2.45) is 5.84 Å². The fourth-order valence-corrected chi connectivity index (χ4v) is 2.59. The maximum absolute atomic E-state index is 11.1. The number of unbranched alkanes of at least 4 members (excludes halogenated alkanes) is 2. The number of para-hydroxylation sites is 2. The van der Waals surface area contributed by atoms with Gasteiger partial charge in [0.1, 0.15) is 5.82 Å². The fraction of sp³-hybridized carbons (Fsp3) is 0.500. The highest BCUT2D eigenvalue weighted by Gasteiger charge is 2.09. The highest BCUT2D eigenvalue weighted by Crippen LogP contribution is 2.18. The maximum Gasteiger partial charge on any atom is 0.233 e. The van der Waals surface area contributed by atoms with Crippen LogP contribution in [0.4, 0.5) is 0 Å². The number of nitrogens with two attached hydrogens (primary N) is 1. The van der Waals surface area contributed by atoms with E-state index in [1.54, 1.807) is 0 Å². The highest BCUT2D eigenvalue weighted by atomic mass is 16.2. The first kappa shape index (κ1) is 15.5. The van der Waals surface area contributed by atoms with Gasteiger partial charge in [-0.1, -0.05) is 25.5 Å². The van der Waals surface area contributed by atoms with Crippen molar-refractivity contribution < 1.29 is 4.79 Å². The Morgan fingerprint density at radius 3 is 2.86 bits per heavy atom. The molecule has 1 aromatic carbocycles. The van der Waals surface area contributed by atoms with Gasteiger partial charge < -0.3 is 4.57 Å². The molecule has 2 rings (SSSR count). The first-order valence-electron chi connectivity index (χ1n) is 7.70. The van der Waals surface area contributed by atoms with Gasteiger partial charge in [-0.25, -0.2) is 10.8 Å². The van der Waals surface area contributed by atoms with Crippen LogP contribution in [-0.2, 0) is 17.8 Å². The third-order valence-electron chi connectivity index (χ3n) is 3.65. The van der Waals surface area contributed by atoms with E-state index in [0.29, 0.717) is 6.42 Å². The van der Waals surface area contributed by atoms with E-state index in [9.17, 15) is 4.79 Å². The second-order valence-corrected chi connectivity index (χ2v) is 5.30. The Morgan fingerprint density at radius 2 is 2.10 bits per heavy atom. The molecule has 0 unspecified atom stereocenters. The second-order valence-electron chi connectivity index (χ2n) is 5.30. The van der Waals surface area contributed by atoms with Crippen molar-refractivity contribution in [3.63, 3.8) is 0 Å². The molecule has 5 nitrogen and oxygen atoms in total. The van der Waals surface area contributed by atoms with Gasteiger partial charge in [0.05, 0.1) is 11.0 Å². The standard InChI is InChI=1S/C16H24N4O/c1-2-8-15-18-13-9-5-6-10-14(13)20(15)12-7-3-4-11-16(21)19-17/h5-6,9-10H,2-4,7-8,11-12,17H2,1H3,(H,19,21). The van der Waals surface area contributed by atoms with Gasteiger partial charge in [-0.3, -0.25) is 10.2 Å². The Balaban J connectivity index is 1.96. The van der Waals surface area contributed by atoms with Crippen LogP contribution < -0.4 is 11.3 Å². The number of hydrogen-bond acceptors (Lipinski definition) is 3. The number of amides is 1. The molecule has 3 N–H and O–H groups in total. The van der Waals surface area contributed by atoms with E-state index in [-0.39, 0.29) is 5.91 Å². The Labute approximate surface area is 125 Å². The smallest absolute Gasteiger partial charge is 0.233 e. The lowest BCUT2D eigenvalue weighted by Gasteiger charge is -2.08. The number of aromatic nitrogens is 2. The van der Waals surface area contributed by atoms with Gasteiger partial charge in [0, 0.05) is 19.4 Å². The summed E-state index contributed by atoms with van der Waals surface area (Å²) in [6, 6.07) is 8.28. The number of carbonyl (C=O) groups is 1. The molecule has 21 heavy (non-hydrogen) atoms. The first-order valence-corrected chi connectivity index (χ1v) is 7.70. The predicted molar refractivity (Wildman–Crippen MR) is 84.5 cm³/mol. The van der Waals surface area contributed by atoms with Crippen LogP contribution in [-0.4, -0.2) is 15.5 Å². The molecule has 0 atom stereocenters. The Kier molecular flexibility index (Phi) is 5.75. The molecule has 0 saturated carbocycles. The average Bonchev–Trinajstić information content (AvgIpc) is 2.85. The SMILES string of the molecule is CCCc1nc2ccccc2n1CCCCCC(=O)NN. The molecule has 0 aliphatic rings. The van der Waals surface area contributed by atoms with Crippen LogP contribution in [0.1, 0.15) is 44.9 Å². The molecule has 1 aromatic heterocycles. The molecule has 114 valence electrons. The second kappa shape index (κ2) is 7.78. The average molecular weight is 288 g/mol. The number of imidazole rings is 1. The summed E-state index contributed by atoms with van der Waals surface area (Å²) in [4.78, 5) is 15.8. The molecule has 0 bridgehead atoms. The van der Waals surface area contributed by atoms with Crippen molar-refractivity contribution in [3.8, 4) is 0 Å². The third kappa shape index (κ3) is 4.04. The lowest BCUT2D eigenvalue weighted by Crippen LogP contribution is -2.29. The summed E-state index contributed by atoms with van der Waals surface area (Å²) in [7, 11) is 0. The molecule has 0 saturated heterocycles. The Morgan fingerprint density at radius 1 is 1.29 bits per heavy atom. The molecule has 1 heterocycles. The summed E-state index contributed by atoms with van der Waals surface area (Å²) < 4.78 is 2.32. The zero-order valence-corrected chi connectivity index (χ0v) is 12.6. The summed E-state index contributed by atoms with van der Waals surface area (Å²) in [5.74, 6) is 6.14. The topological polar surface area (TPSA) is 72.9 Å². The van der Waals surface area contributed by atoms with Gasteiger partial charge >= 0.3 is 0 Å². The van der Waals surface area contributed by atoms with Crippen LogP contribution in [0.3, 0.4) is 0 Å². The van der Waals surface area contributed by atoms with E-state index in [1.165, 1.54) is 11.3 Å². The van der Waals surface area contributed by atoms with Gasteiger partial charge in [0.2, 0.25) is 5.91 Å². The van der Waals surface area contributed by atoms with Gasteiger partial charge in [-0.15, -0.1) is 0 Å². The number of carbonyl (C=O) groups excluding carboxylic acids is 1. The van der Waals surface area contributed by atoms with E-state index in [4.69, 9.17) is 10.8 Å². The van der Waals surface area contributed by atoms with E-state index in [1.807, 2.05) is 6.07 Å². The molecule has 0 fully saturated rings. The van der Waals surface area contributed by atoms with Crippen LogP contribution in [0.5, 0.6) is 0 Å². The van der Waals surface area contributed by atoms with Crippen molar-refractivity contribution in [1.82, 2.24) is 15.0 Å². The minimum atomic E-state index is -0.0882. The number of aryl methyl sites for hydroxylation is 2. The number of benzene rings is 1. The van der Waals surface area contributed by atoms with Crippen LogP contribution in [0.25, 0.3) is 11.0 Å². The van der Waals surface area contributed by atoms with Gasteiger partial charge in [0.25, 0.3) is 0 Å². The monoisotopic (exact) mass is 288 g/mol. The van der Waals surface area contributed by atoms with Crippen molar-refractivity contribution in [3.05, 3.63) is 30.1 Å². The number of nitrogens with zero attached hydrogens (tertiary/aromatic N) is 2. The van der Waals surface area contributed by atoms with Crippen LogP contribution >= 0.6 is 0 Å². The van der Waals surface area contributed by atoms with Crippen molar-refractivity contribution in [1.29, 1.82) is 0 Å². The zero-order chi connectivity index (χ0) is 15.1. The lowest BCUT2D eigenvalue weighted by molar-refractivity contribution is -0.121. The molecule has 2 aromatic rings. The van der Waals surface area contributed by atoms with Crippen LogP contribution in [0, 0.1) is 0 Å². The normalized spacial score (nSPS) is 11.0. The predicted octanol–water partition coefficient (Wildman–Crippen LogP) is 2.54. The van der Waals surface area contributed by atoms with Crippen molar-refractivity contribution in [2.45, 2.75) is 52.0 Å². The molecule has 0 radical (unpaired) electrons. The molecular weight excluding hydrogens is 264 g/mol. The highest BCUT2D eigenvalue weighted by molar-refractivity contribution is 5.76. The minimum Gasteiger partial charge on any atom is -0.328 e. The Bertz CT molecular complexity index is 591. The molecule has 0 spiro atoms. The zero-order valence-electron chi connectivity index (χ0n) is 12.6. The summed E-state index contributed by atoms with van der Waals surface area (Å²) in [6.07, 6.45) is 5.55. The number of hydrogen-bond donors (Lipinski definition) is 2. The maximum atomic E-state index is 11.1. The summed E-state index contributed by atoms with van der Waals surface area (Å²) in [6.45, 7) is 3.13. The largest absolute Gasteiger partial charge is 0.328 e. The number of rotatable bonds is 8. The summed E-state index contributed by atoms with van der Waals surface area (Å²) in [5, 5.41) is 0. The van der Waals surface area contributed by atoms with Crippen LogP contribution in [0.15, 0.2) is 24.3 Å². The molecule has 0 aliphatic carbocycles. The van der Waals surface area contributed by atoms with Crippen LogP contribution in [0.2, 0.25) is 0 Å². The number of nitrogens with one attached hydrogen (secondary N) is 1. The Hall–Kier alpha value is -1.88. The molecule has 5 heteroatoms. The summed E-state index contributed by atoms with van der Waals surface area (Å²) in [5.41, 5.74) is 4.45. The van der Waals surface area contributed by atoms with Gasteiger partial charge in [0.15, 0.2) is 0 Å². The third-order valence-corrected chi connectivity index (χ3v) is 3.65. The van der Waals surface area contributed by atoms with E-state index in [2.05, 4.69) is 35.1 Å². The van der Waals surface area contributed by atoms with E-state index < -0.39 is 0 Å². The first-order chi connectivity index (χ1) is 10.3. The van der Waals surface area contributed by atoms with Crippen molar-refractivity contribution in [2.75, 3.05) is 0 Å². The van der Waals surface area contributed by atoms with E-state index >= 15 is 0 Å². The minimum absolute atomic E-state index is 0.0882. The molecule has 0 aliphatic heterocycles. The van der Waals surface area contributed by atoms with Gasteiger partial charge in [-0.05, 0) is 31.4 Å². The lowest BCUT2D eigenvalue weighted by atomic mass is 10.2. The quantitative estimate of drug-likeness (QED) is 0.339. The summed E-state index contributed by atoms with van der Waals surface area (Å²) >= 11 is 0. The molecular formula is C16H24N4O. The van der Waals surface area contributed by atoms with Gasteiger partial charge in [-0.2, -0.15) is 0 Å². The van der Waals surface area contributed by atoms with Crippen molar-refractivity contribution >= 4 is 16.9 Å². The number of hydrazine groups is 1. The number of fused-ring (bicyclic) bond motifs is 1. The molecule has 1 amide bonds. The fourth-order valence-electron chi connectivity index (χ4n) is 2.59.